The zero-order valence-corrected chi connectivity index (χ0v) is 12.5. The Morgan fingerprint density at radius 3 is 2.48 bits per heavy atom. The molecule has 0 radical (unpaired) electrons. The van der Waals surface area contributed by atoms with Gasteiger partial charge < -0.3 is 0 Å². The van der Waals surface area contributed by atoms with Gasteiger partial charge in [-0.15, -0.1) is 6.58 Å². The van der Waals surface area contributed by atoms with Gasteiger partial charge in [-0.25, -0.2) is 4.39 Å². The molecule has 1 saturated carbocycles. The normalized spacial score (nSPS) is 22.3. The molecule has 2 aromatic rings. The van der Waals surface area contributed by atoms with Crippen LogP contribution >= 0.6 is 0 Å². The van der Waals surface area contributed by atoms with Gasteiger partial charge in [-0.05, 0) is 78.8 Å². The molecule has 1 fully saturated rings. The first-order valence-corrected chi connectivity index (χ1v) is 8.06. The molecule has 0 bridgehead atoms. The van der Waals surface area contributed by atoms with E-state index in [1.165, 1.54) is 37.7 Å². The lowest BCUT2D eigenvalue weighted by Crippen LogP contribution is -2.13. The Morgan fingerprint density at radius 2 is 1.71 bits per heavy atom. The third-order valence-electron chi connectivity index (χ3n) is 4.92. The Hall–Kier alpha value is -1.63. The molecule has 0 N–H and O–H groups in total. The molecule has 0 amide bonds. The fraction of sp³-hybridized carbons (Fsp3) is 0.400. The van der Waals surface area contributed by atoms with E-state index in [-0.39, 0.29) is 5.82 Å². The number of halogens is 1. The number of fused-ring (bicyclic) bond motifs is 1. The fourth-order valence-electron chi connectivity index (χ4n) is 3.63. The number of hydrogen-bond acceptors (Lipinski definition) is 0. The molecule has 0 heterocycles. The summed E-state index contributed by atoms with van der Waals surface area (Å²) in [5, 5.41) is 2.15. The third kappa shape index (κ3) is 3.34. The Labute approximate surface area is 126 Å². The van der Waals surface area contributed by atoms with Crippen molar-refractivity contribution in [3.05, 3.63) is 60.4 Å². The lowest BCUT2D eigenvalue weighted by molar-refractivity contribution is 0.312. The predicted molar refractivity (Wildman–Crippen MR) is 88.0 cm³/mol. The fourth-order valence-corrected chi connectivity index (χ4v) is 3.63. The van der Waals surface area contributed by atoms with Crippen molar-refractivity contribution < 1.29 is 4.39 Å². The zero-order valence-electron chi connectivity index (χ0n) is 12.5. The topological polar surface area (TPSA) is 0 Å². The van der Waals surface area contributed by atoms with Crippen molar-refractivity contribution in [1.82, 2.24) is 0 Å². The van der Waals surface area contributed by atoms with Crippen molar-refractivity contribution in [2.45, 2.75) is 44.4 Å². The molecule has 1 aliphatic carbocycles. The predicted octanol–water partition coefficient (Wildman–Crippen LogP) is 6.22. The molecule has 0 aliphatic heterocycles. The van der Waals surface area contributed by atoms with E-state index in [2.05, 4.69) is 24.8 Å². The largest absolute Gasteiger partial charge is 0.207 e. The van der Waals surface area contributed by atoms with Gasteiger partial charge in [0.15, 0.2) is 0 Å². The summed E-state index contributed by atoms with van der Waals surface area (Å²) in [4.78, 5) is 0. The maximum atomic E-state index is 13.2. The second kappa shape index (κ2) is 6.43. The van der Waals surface area contributed by atoms with E-state index >= 15 is 0 Å². The summed E-state index contributed by atoms with van der Waals surface area (Å²) in [6.45, 7) is 3.82. The number of allylic oxidation sites excluding steroid dienone is 1. The monoisotopic (exact) mass is 282 g/mol. The number of rotatable bonds is 4. The van der Waals surface area contributed by atoms with Crippen LogP contribution in [-0.2, 0) is 0 Å². The summed E-state index contributed by atoms with van der Waals surface area (Å²) in [5.41, 5.74) is 1.43. The van der Waals surface area contributed by atoms with Crippen molar-refractivity contribution in [3.8, 4) is 0 Å². The summed E-state index contributed by atoms with van der Waals surface area (Å²) in [6.07, 6.45) is 9.72. The summed E-state index contributed by atoms with van der Waals surface area (Å²) in [7, 11) is 0. The maximum absolute atomic E-state index is 13.2. The van der Waals surface area contributed by atoms with E-state index in [9.17, 15) is 4.39 Å². The van der Waals surface area contributed by atoms with Crippen LogP contribution in [0.25, 0.3) is 10.8 Å². The maximum Gasteiger partial charge on any atom is 0.123 e. The van der Waals surface area contributed by atoms with Crippen molar-refractivity contribution in [2.75, 3.05) is 0 Å². The first-order chi connectivity index (χ1) is 10.3. The van der Waals surface area contributed by atoms with Crippen LogP contribution in [0.1, 0.15) is 50.0 Å². The van der Waals surface area contributed by atoms with E-state index in [0.29, 0.717) is 5.92 Å². The minimum atomic E-state index is -0.155. The summed E-state index contributed by atoms with van der Waals surface area (Å²) in [6, 6.07) is 11.6. The lowest BCUT2D eigenvalue weighted by Gasteiger charge is -2.28. The molecule has 0 unspecified atom stereocenters. The van der Waals surface area contributed by atoms with Crippen molar-refractivity contribution >= 4 is 10.8 Å². The summed E-state index contributed by atoms with van der Waals surface area (Å²) >= 11 is 0. The van der Waals surface area contributed by atoms with Crippen LogP contribution in [0, 0.1) is 11.7 Å². The minimum absolute atomic E-state index is 0.155. The van der Waals surface area contributed by atoms with E-state index in [4.69, 9.17) is 0 Å². The van der Waals surface area contributed by atoms with Crippen LogP contribution in [0.4, 0.5) is 4.39 Å². The molecule has 0 aromatic heterocycles. The number of benzene rings is 2. The van der Waals surface area contributed by atoms with Gasteiger partial charge >= 0.3 is 0 Å². The molecule has 0 nitrogen and oxygen atoms in total. The third-order valence-corrected chi connectivity index (χ3v) is 4.92. The van der Waals surface area contributed by atoms with Gasteiger partial charge in [-0.3, -0.25) is 0 Å². The van der Waals surface area contributed by atoms with Crippen molar-refractivity contribution in [3.63, 3.8) is 0 Å². The number of hydrogen-bond donors (Lipinski definition) is 0. The first-order valence-electron chi connectivity index (χ1n) is 8.06. The van der Waals surface area contributed by atoms with E-state index < -0.39 is 0 Å². The molecule has 2 aromatic carbocycles. The van der Waals surface area contributed by atoms with Crippen molar-refractivity contribution in [2.24, 2.45) is 5.92 Å². The van der Waals surface area contributed by atoms with Gasteiger partial charge in [0.25, 0.3) is 0 Å². The van der Waals surface area contributed by atoms with Gasteiger partial charge in [0.2, 0.25) is 0 Å². The van der Waals surface area contributed by atoms with Gasteiger partial charge in [0.1, 0.15) is 5.82 Å². The second-order valence-corrected chi connectivity index (χ2v) is 6.33. The average Bonchev–Trinajstić information content (AvgIpc) is 2.53. The van der Waals surface area contributed by atoms with E-state index in [0.717, 1.165) is 23.1 Å². The van der Waals surface area contributed by atoms with Crippen molar-refractivity contribution in [1.29, 1.82) is 0 Å². The Morgan fingerprint density at radius 1 is 1.00 bits per heavy atom. The highest BCUT2D eigenvalue weighted by atomic mass is 19.1. The molecule has 0 spiro atoms. The molecule has 3 rings (SSSR count). The molecule has 0 saturated heterocycles. The van der Waals surface area contributed by atoms with Crippen LogP contribution in [0.3, 0.4) is 0 Å². The molecule has 1 heteroatoms. The summed E-state index contributed by atoms with van der Waals surface area (Å²) in [5.74, 6) is 1.41. The minimum Gasteiger partial charge on any atom is -0.207 e. The first kappa shape index (κ1) is 14.3. The quantitative estimate of drug-likeness (QED) is 0.584. The summed E-state index contributed by atoms with van der Waals surface area (Å²) < 4.78 is 13.2. The van der Waals surface area contributed by atoms with Crippen LogP contribution in [0.2, 0.25) is 0 Å². The Bertz CT molecular complexity index is 621. The molecular formula is C20H23F. The zero-order chi connectivity index (χ0) is 14.7. The highest BCUT2D eigenvalue weighted by Crippen LogP contribution is 2.38. The van der Waals surface area contributed by atoms with E-state index in [1.807, 2.05) is 12.1 Å². The standard InChI is InChI=1S/C20H23F/c1-2-3-4-15-5-7-16(8-6-15)17-9-10-19-14-20(21)12-11-18(19)13-17/h2,9-16H,1,3-8H2. The van der Waals surface area contributed by atoms with Gasteiger partial charge in [0, 0.05) is 0 Å². The SMILES string of the molecule is C=CCCC1CCC(c2ccc3cc(F)ccc3c2)CC1. The van der Waals surface area contributed by atoms with Crippen LogP contribution in [-0.4, -0.2) is 0 Å². The highest BCUT2D eigenvalue weighted by Gasteiger charge is 2.21. The molecule has 1 aliphatic rings. The lowest BCUT2D eigenvalue weighted by atomic mass is 9.77. The molecule has 0 atom stereocenters. The highest BCUT2D eigenvalue weighted by molar-refractivity contribution is 5.83. The van der Waals surface area contributed by atoms with Crippen LogP contribution in [0.5, 0.6) is 0 Å². The molecule has 110 valence electrons. The van der Waals surface area contributed by atoms with Crippen LogP contribution in [0.15, 0.2) is 49.1 Å². The van der Waals surface area contributed by atoms with Gasteiger partial charge in [-0.1, -0.05) is 30.3 Å². The smallest absolute Gasteiger partial charge is 0.123 e. The Kier molecular flexibility index (Phi) is 4.38. The molecular weight excluding hydrogens is 259 g/mol. The average molecular weight is 282 g/mol. The van der Waals surface area contributed by atoms with Crippen LogP contribution < -0.4 is 0 Å². The molecule has 21 heavy (non-hydrogen) atoms. The Balaban J connectivity index is 1.70. The second-order valence-electron chi connectivity index (χ2n) is 6.33. The van der Waals surface area contributed by atoms with Gasteiger partial charge in [-0.2, -0.15) is 0 Å². The van der Waals surface area contributed by atoms with E-state index in [1.54, 1.807) is 12.1 Å². The van der Waals surface area contributed by atoms with Gasteiger partial charge in [0.05, 0.1) is 0 Å².